The number of para-hydroxylation sites is 1. The van der Waals surface area contributed by atoms with Crippen LogP contribution in [0.5, 0.6) is 17.2 Å². The monoisotopic (exact) mass is 925 g/mol. The molecule has 3 saturated heterocycles. The van der Waals surface area contributed by atoms with E-state index in [1.807, 2.05) is 121 Å². The second-order valence-electron chi connectivity index (χ2n) is 16.9. The van der Waals surface area contributed by atoms with Crippen LogP contribution in [0.1, 0.15) is 46.7 Å². The maximum absolute atomic E-state index is 7.23. The molecule has 5 unspecified atom stereocenters. The first-order valence-corrected chi connectivity index (χ1v) is 23.2. The normalized spacial score (nSPS) is 24.9. The van der Waals surface area contributed by atoms with Crippen LogP contribution in [0.2, 0.25) is 0 Å². The van der Waals surface area contributed by atoms with Crippen molar-refractivity contribution in [3.63, 3.8) is 0 Å². The number of hydrogen-bond donors (Lipinski definition) is 2. The molecular formula is C54H47Cl4N3O3. The Balaban J connectivity index is 0.894. The Kier molecular flexibility index (Phi) is 11.3. The molecule has 3 aliphatic heterocycles. The highest BCUT2D eigenvalue weighted by Gasteiger charge is 2.76. The standard InChI is InChI=1S/C54H47Cl4N3O3/c1-2-50(35-62-45-29-23-40(24-30-45)51(48(55)59-51)38-15-7-3-8-16-38,36-63-46-31-25-41(26-32-46)52(49(56)60-52)39-17-9-4-10-18-39)37-64-47-33-27-43(28-34-47)53(42-19-11-5-12-20-42)54(57,58)61(53)44-21-13-6-14-22-44/h3-34,48-49,59-60H,2,35-37H2,1H3. The lowest BCUT2D eigenvalue weighted by Crippen LogP contribution is -2.40. The van der Waals surface area contributed by atoms with Crippen molar-refractivity contribution in [1.82, 2.24) is 10.6 Å². The van der Waals surface area contributed by atoms with E-state index < -0.39 is 26.5 Å². The van der Waals surface area contributed by atoms with E-state index in [1.54, 1.807) is 0 Å². The van der Waals surface area contributed by atoms with Crippen LogP contribution in [0, 0.1) is 5.41 Å². The average molecular weight is 928 g/mol. The van der Waals surface area contributed by atoms with E-state index >= 15 is 0 Å². The molecule has 0 aliphatic carbocycles. The van der Waals surface area contributed by atoms with E-state index in [0.717, 1.165) is 57.0 Å². The van der Waals surface area contributed by atoms with Gasteiger partial charge < -0.3 is 19.1 Å². The second kappa shape index (κ2) is 17.0. The smallest absolute Gasteiger partial charge is 0.223 e. The van der Waals surface area contributed by atoms with E-state index in [-0.39, 0.29) is 11.0 Å². The Morgan fingerprint density at radius 2 is 0.750 bits per heavy atom. The minimum atomic E-state index is -1.22. The zero-order valence-corrected chi connectivity index (χ0v) is 38.2. The fraction of sp³-hybridized carbons (Fsp3) is 0.222. The van der Waals surface area contributed by atoms with Crippen molar-refractivity contribution < 1.29 is 14.2 Å². The average Bonchev–Trinajstić information content (AvgIpc) is 4.30. The van der Waals surface area contributed by atoms with Crippen LogP contribution in [-0.2, 0) is 16.6 Å². The Bertz CT molecular complexity index is 2570. The van der Waals surface area contributed by atoms with E-state index in [0.29, 0.717) is 25.6 Å². The molecule has 10 heteroatoms. The molecule has 324 valence electrons. The number of alkyl halides is 4. The number of halogens is 4. The minimum absolute atomic E-state index is 0.198. The van der Waals surface area contributed by atoms with Gasteiger partial charge in [0.05, 0.1) is 5.41 Å². The van der Waals surface area contributed by atoms with E-state index in [1.165, 1.54) is 0 Å². The van der Waals surface area contributed by atoms with Gasteiger partial charge in [0.15, 0.2) is 0 Å². The summed E-state index contributed by atoms with van der Waals surface area (Å²) in [7, 11) is 0. The third kappa shape index (κ3) is 7.39. The molecule has 0 saturated carbocycles. The lowest BCUT2D eigenvalue weighted by atomic mass is 9.87. The topological polar surface area (TPSA) is 74.6 Å². The quantitative estimate of drug-likeness (QED) is 0.0538. The molecule has 5 atom stereocenters. The molecule has 7 aromatic carbocycles. The van der Waals surface area contributed by atoms with Crippen molar-refractivity contribution in [2.45, 2.75) is 45.4 Å². The molecule has 2 N–H and O–H groups in total. The summed E-state index contributed by atoms with van der Waals surface area (Å²) in [6.45, 7) is 3.17. The zero-order chi connectivity index (χ0) is 44.0. The predicted molar refractivity (Wildman–Crippen MR) is 259 cm³/mol. The Hall–Kier alpha value is -5.18. The predicted octanol–water partition coefficient (Wildman–Crippen LogP) is 12.3. The summed E-state index contributed by atoms with van der Waals surface area (Å²) < 4.78 is 18.7. The third-order valence-corrected chi connectivity index (χ3v) is 15.0. The lowest BCUT2D eigenvalue weighted by molar-refractivity contribution is 0.0293. The van der Waals surface area contributed by atoms with Crippen molar-refractivity contribution in [1.29, 1.82) is 0 Å². The molecule has 0 bridgehead atoms. The van der Waals surface area contributed by atoms with Gasteiger partial charge in [-0.05, 0) is 88.3 Å². The van der Waals surface area contributed by atoms with Crippen molar-refractivity contribution in [3.05, 3.63) is 228 Å². The van der Waals surface area contributed by atoms with Crippen LogP contribution in [0.15, 0.2) is 194 Å². The summed E-state index contributed by atoms with van der Waals surface area (Å²) in [6, 6.07) is 65.2. The van der Waals surface area contributed by atoms with Crippen LogP contribution in [-0.4, -0.2) is 35.3 Å². The molecule has 6 nitrogen and oxygen atoms in total. The number of anilines is 1. The molecule has 0 radical (unpaired) electrons. The fourth-order valence-corrected chi connectivity index (χ4v) is 11.0. The van der Waals surface area contributed by atoms with Gasteiger partial charge in [-0.25, -0.2) is 0 Å². The van der Waals surface area contributed by atoms with Gasteiger partial charge in [0.2, 0.25) is 4.46 Å². The van der Waals surface area contributed by atoms with Gasteiger partial charge in [0, 0.05) is 5.69 Å². The molecule has 0 spiro atoms. The van der Waals surface area contributed by atoms with E-state index in [2.05, 4.69) is 95.3 Å². The highest BCUT2D eigenvalue weighted by Crippen LogP contribution is 2.69. The summed E-state index contributed by atoms with van der Waals surface area (Å²) in [5.74, 6) is 2.19. The van der Waals surface area contributed by atoms with Crippen molar-refractivity contribution in [2.24, 2.45) is 5.41 Å². The van der Waals surface area contributed by atoms with E-state index in [4.69, 9.17) is 60.6 Å². The third-order valence-electron chi connectivity index (χ3n) is 13.2. The number of benzene rings is 7. The van der Waals surface area contributed by atoms with Crippen LogP contribution in [0.4, 0.5) is 5.69 Å². The van der Waals surface area contributed by atoms with Gasteiger partial charge in [-0.1, -0.05) is 176 Å². The molecule has 7 aromatic rings. The molecule has 10 rings (SSSR count). The van der Waals surface area contributed by atoms with Gasteiger partial charge in [0.25, 0.3) is 0 Å². The highest BCUT2D eigenvalue weighted by atomic mass is 35.5. The fourth-order valence-electron chi connectivity index (χ4n) is 9.22. The molecule has 0 amide bonds. The minimum Gasteiger partial charge on any atom is -0.493 e. The number of nitrogens with one attached hydrogen (secondary N) is 2. The van der Waals surface area contributed by atoms with Crippen LogP contribution < -0.4 is 29.7 Å². The van der Waals surface area contributed by atoms with Crippen molar-refractivity contribution >= 4 is 52.1 Å². The molecule has 3 aliphatic rings. The number of rotatable bonds is 17. The van der Waals surface area contributed by atoms with Crippen LogP contribution in [0.3, 0.4) is 0 Å². The van der Waals surface area contributed by atoms with Crippen LogP contribution >= 0.6 is 46.4 Å². The molecule has 0 aromatic heterocycles. The van der Waals surface area contributed by atoms with Crippen LogP contribution in [0.25, 0.3) is 0 Å². The Morgan fingerprint density at radius 1 is 0.453 bits per heavy atom. The maximum Gasteiger partial charge on any atom is 0.223 e. The number of hydrogen-bond acceptors (Lipinski definition) is 6. The summed E-state index contributed by atoms with van der Waals surface area (Å²) in [6.07, 6.45) is 0.718. The summed E-state index contributed by atoms with van der Waals surface area (Å²) >= 11 is 27.9. The van der Waals surface area contributed by atoms with Gasteiger partial charge >= 0.3 is 0 Å². The second-order valence-corrected chi connectivity index (χ2v) is 19.1. The Morgan fingerprint density at radius 3 is 1.09 bits per heavy atom. The SMILES string of the molecule is CCC(COc1ccc(C2(c3ccccc3)NC2Cl)cc1)(COc1ccc(C2(c3ccccc3)NC2Cl)cc1)COc1ccc(C2(c3ccccc3)N(c3ccccc3)C2(Cl)Cl)cc1. The molecule has 3 fully saturated rings. The summed E-state index contributed by atoms with van der Waals surface area (Å²) in [5.41, 5.74) is 4.67. The van der Waals surface area contributed by atoms with Gasteiger partial charge in [-0.3, -0.25) is 10.6 Å². The van der Waals surface area contributed by atoms with Crippen molar-refractivity contribution in [2.75, 3.05) is 24.7 Å². The zero-order valence-electron chi connectivity index (χ0n) is 35.1. The first-order valence-electron chi connectivity index (χ1n) is 21.6. The van der Waals surface area contributed by atoms with Gasteiger partial charge in [-0.15, -0.1) is 23.2 Å². The molecule has 64 heavy (non-hydrogen) atoms. The Labute approximate surface area is 395 Å². The first-order chi connectivity index (χ1) is 31.2. The van der Waals surface area contributed by atoms with Gasteiger partial charge in [0.1, 0.15) is 64.7 Å². The lowest BCUT2D eigenvalue weighted by Gasteiger charge is -2.32. The number of nitrogens with zero attached hydrogens (tertiary/aromatic N) is 1. The van der Waals surface area contributed by atoms with E-state index in [9.17, 15) is 0 Å². The summed E-state index contributed by atoms with van der Waals surface area (Å²) in [4.78, 5) is 2.05. The summed E-state index contributed by atoms with van der Waals surface area (Å²) in [5, 5.41) is 6.91. The highest BCUT2D eigenvalue weighted by molar-refractivity contribution is 6.55. The molecular weight excluding hydrogens is 880 g/mol. The maximum atomic E-state index is 7.23. The molecule has 3 heterocycles. The first kappa shape index (κ1) is 42.8. The largest absolute Gasteiger partial charge is 0.493 e. The number of ether oxygens (including phenoxy) is 3. The van der Waals surface area contributed by atoms with Gasteiger partial charge in [-0.2, -0.15) is 0 Å². The van der Waals surface area contributed by atoms with Crippen molar-refractivity contribution in [3.8, 4) is 17.2 Å².